The van der Waals surface area contributed by atoms with Crippen LogP contribution in [-0.2, 0) is 13.6 Å². The molecular formula is C19H20FN3O3S. The molecule has 0 atom stereocenters. The number of carbonyl (C=O) groups is 1. The summed E-state index contributed by atoms with van der Waals surface area (Å²) in [5, 5.41) is 0.472. The van der Waals surface area contributed by atoms with Gasteiger partial charge in [-0.15, -0.1) is 11.3 Å². The molecule has 0 N–H and O–H groups in total. The molecule has 3 aromatic rings. The summed E-state index contributed by atoms with van der Waals surface area (Å²) in [7, 11) is 3.03. The molecule has 0 unspecified atom stereocenters. The Kier molecular flexibility index (Phi) is 5.27. The Morgan fingerprint density at radius 2 is 2.15 bits per heavy atom. The minimum Gasteiger partial charge on any atom is -0.494 e. The van der Waals surface area contributed by atoms with Crippen LogP contribution in [0, 0.1) is 12.7 Å². The molecule has 8 heteroatoms. The third kappa shape index (κ3) is 3.44. The highest BCUT2D eigenvalue weighted by Gasteiger charge is 2.23. The Morgan fingerprint density at radius 3 is 2.78 bits per heavy atom. The Balaban J connectivity index is 1.95. The number of benzene rings is 1. The van der Waals surface area contributed by atoms with E-state index in [0.717, 1.165) is 0 Å². The zero-order chi connectivity index (χ0) is 19.7. The maximum absolute atomic E-state index is 13.9. The van der Waals surface area contributed by atoms with Gasteiger partial charge >= 0.3 is 0 Å². The Hall–Kier alpha value is -2.74. The predicted octanol–water partition coefficient (Wildman–Crippen LogP) is 3.11. The van der Waals surface area contributed by atoms with Crippen molar-refractivity contribution in [1.29, 1.82) is 0 Å². The number of carbonyl (C=O) groups excluding carboxylic acids is 1. The molecule has 0 bridgehead atoms. The molecule has 0 aliphatic heterocycles. The summed E-state index contributed by atoms with van der Waals surface area (Å²) >= 11 is 1.21. The van der Waals surface area contributed by atoms with Crippen LogP contribution in [0.2, 0.25) is 0 Å². The highest BCUT2D eigenvalue weighted by Crippen LogP contribution is 2.28. The molecule has 0 radical (unpaired) electrons. The SMILES string of the molecule is CCN(Cc1ccc(OC)c(F)c1)C(=O)c1sc2ncn(C)c(=O)c2c1C. The summed E-state index contributed by atoms with van der Waals surface area (Å²) in [6.45, 7) is 4.33. The van der Waals surface area contributed by atoms with Gasteiger partial charge in [0.05, 0.1) is 23.7 Å². The molecule has 1 aromatic carbocycles. The molecule has 0 aliphatic rings. The normalized spacial score (nSPS) is 11.0. The van der Waals surface area contributed by atoms with Crippen molar-refractivity contribution in [2.24, 2.45) is 7.05 Å². The molecule has 6 nitrogen and oxygen atoms in total. The van der Waals surface area contributed by atoms with E-state index in [9.17, 15) is 14.0 Å². The van der Waals surface area contributed by atoms with Crippen molar-refractivity contribution in [2.75, 3.05) is 13.7 Å². The minimum atomic E-state index is -0.468. The van der Waals surface area contributed by atoms with E-state index in [4.69, 9.17) is 4.74 Å². The number of hydrogen-bond acceptors (Lipinski definition) is 5. The summed E-state index contributed by atoms with van der Waals surface area (Å²) in [5.74, 6) is -0.504. The first-order chi connectivity index (χ1) is 12.9. The summed E-state index contributed by atoms with van der Waals surface area (Å²) in [6.07, 6.45) is 1.45. The predicted molar refractivity (Wildman–Crippen MR) is 103 cm³/mol. The number of ether oxygens (including phenoxy) is 1. The van der Waals surface area contributed by atoms with Crippen molar-refractivity contribution in [3.63, 3.8) is 0 Å². The first kappa shape index (κ1) is 19.0. The first-order valence-electron chi connectivity index (χ1n) is 8.43. The quantitative estimate of drug-likeness (QED) is 0.673. The number of nitrogens with zero attached hydrogens (tertiary/aromatic N) is 3. The van der Waals surface area contributed by atoms with Crippen LogP contribution >= 0.6 is 11.3 Å². The van der Waals surface area contributed by atoms with Gasteiger partial charge in [-0.2, -0.15) is 0 Å². The van der Waals surface area contributed by atoms with E-state index < -0.39 is 5.82 Å². The maximum Gasteiger partial charge on any atom is 0.264 e. The number of fused-ring (bicyclic) bond motifs is 1. The van der Waals surface area contributed by atoms with E-state index >= 15 is 0 Å². The smallest absolute Gasteiger partial charge is 0.264 e. The third-order valence-electron chi connectivity index (χ3n) is 4.46. The highest BCUT2D eigenvalue weighted by molar-refractivity contribution is 7.20. The van der Waals surface area contributed by atoms with Crippen LogP contribution in [0.5, 0.6) is 5.75 Å². The monoisotopic (exact) mass is 389 g/mol. The van der Waals surface area contributed by atoms with E-state index in [1.165, 1.54) is 35.4 Å². The average molecular weight is 389 g/mol. The van der Waals surface area contributed by atoms with Crippen molar-refractivity contribution < 1.29 is 13.9 Å². The lowest BCUT2D eigenvalue weighted by Crippen LogP contribution is -2.30. The number of amides is 1. The third-order valence-corrected chi connectivity index (χ3v) is 5.65. The zero-order valence-corrected chi connectivity index (χ0v) is 16.4. The molecule has 0 aliphatic carbocycles. The molecule has 0 saturated heterocycles. The lowest BCUT2D eigenvalue weighted by molar-refractivity contribution is 0.0756. The molecule has 27 heavy (non-hydrogen) atoms. The summed E-state index contributed by atoms with van der Waals surface area (Å²) in [4.78, 5) is 32.3. The Labute approximate surface area is 159 Å². The second-order valence-electron chi connectivity index (χ2n) is 6.19. The van der Waals surface area contributed by atoms with Gasteiger partial charge in [0.15, 0.2) is 11.6 Å². The molecule has 0 saturated carbocycles. The standard InChI is InChI=1S/C19H20FN3O3S/c1-5-23(9-12-6-7-14(26-4)13(20)8-12)19(25)16-11(2)15-17(27-16)21-10-22(3)18(15)24/h6-8,10H,5,9H2,1-4H3. The van der Waals surface area contributed by atoms with Crippen molar-refractivity contribution in [2.45, 2.75) is 20.4 Å². The van der Waals surface area contributed by atoms with E-state index in [1.807, 2.05) is 6.92 Å². The van der Waals surface area contributed by atoms with Gasteiger partial charge in [0.1, 0.15) is 4.83 Å². The number of rotatable bonds is 5. The number of hydrogen-bond donors (Lipinski definition) is 0. The van der Waals surface area contributed by atoms with Crippen LogP contribution in [0.25, 0.3) is 10.2 Å². The van der Waals surface area contributed by atoms with Crippen molar-refractivity contribution in [1.82, 2.24) is 14.5 Å². The van der Waals surface area contributed by atoms with Crippen molar-refractivity contribution in [3.8, 4) is 5.75 Å². The maximum atomic E-state index is 13.9. The second kappa shape index (κ2) is 7.48. The average Bonchev–Trinajstić information content (AvgIpc) is 2.99. The first-order valence-corrected chi connectivity index (χ1v) is 9.25. The van der Waals surface area contributed by atoms with E-state index in [1.54, 1.807) is 31.0 Å². The van der Waals surface area contributed by atoms with Crippen molar-refractivity contribution in [3.05, 3.63) is 56.7 Å². The lowest BCUT2D eigenvalue weighted by Gasteiger charge is -2.21. The fraction of sp³-hybridized carbons (Fsp3) is 0.316. The van der Waals surface area contributed by atoms with E-state index in [-0.39, 0.29) is 23.8 Å². The zero-order valence-electron chi connectivity index (χ0n) is 15.6. The van der Waals surface area contributed by atoms with Crippen LogP contribution in [0.4, 0.5) is 4.39 Å². The summed E-state index contributed by atoms with van der Waals surface area (Å²) < 4.78 is 20.3. The van der Waals surface area contributed by atoms with Gasteiger partial charge in [0.2, 0.25) is 0 Å². The van der Waals surface area contributed by atoms with Gasteiger partial charge in [0.25, 0.3) is 11.5 Å². The molecule has 2 heterocycles. The van der Waals surface area contributed by atoms with Crippen molar-refractivity contribution >= 4 is 27.5 Å². The molecule has 0 fully saturated rings. The van der Waals surface area contributed by atoms with Crippen LogP contribution in [0.15, 0.2) is 29.3 Å². The van der Waals surface area contributed by atoms with Crippen LogP contribution in [0.3, 0.4) is 0 Å². The van der Waals surface area contributed by atoms with Crippen LogP contribution in [0.1, 0.15) is 27.7 Å². The van der Waals surface area contributed by atoms with Crippen LogP contribution < -0.4 is 10.3 Å². The molecule has 142 valence electrons. The molecular weight excluding hydrogens is 369 g/mol. The number of aryl methyl sites for hydroxylation is 2. The van der Waals surface area contributed by atoms with Gasteiger partial charge < -0.3 is 14.2 Å². The largest absolute Gasteiger partial charge is 0.494 e. The number of halogens is 1. The summed E-state index contributed by atoms with van der Waals surface area (Å²) in [5.41, 5.74) is 1.12. The molecule has 1 amide bonds. The van der Waals surface area contributed by atoms with Crippen LogP contribution in [-0.4, -0.2) is 34.0 Å². The fourth-order valence-corrected chi connectivity index (χ4v) is 4.02. The lowest BCUT2D eigenvalue weighted by atomic mass is 10.1. The second-order valence-corrected chi connectivity index (χ2v) is 7.18. The number of thiophene rings is 1. The van der Waals surface area contributed by atoms with E-state index in [0.29, 0.717) is 32.8 Å². The van der Waals surface area contributed by atoms with E-state index in [2.05, 4.69) is 4.98 Å². The van der Waals surface area contributed by atoms with Gasteiger partial charge in [-0.3, -0.25) is 9.59 Å². The number of methoxy groups -OCH3 is 1. The van der Waals surface area contributed by atoms with Gasteiger partial charge in [-0.25, -0.2) is 9.37 Å². The topological polar surface area (TPSA) is 64.4 Å². The van der Waals surface area contributed by atoms with Gasteiger partial charge in [-0.05, 0) is 37.1 Å². The molecule has 2 aromatic heterocycles. The summed E-state index contributed by atoms with van der Waals surface area (Å²) in [6, 6.07) is 4.64. The highest BCUT2D eigenvalue weighted by atomic mass is 32.1. The molecule has 0 spiro atoms. The Bertz CT molecular complexity index is 1070. The Morgan fingerprint density at radius 1 is 1.41 bits per heavy atom. The minimum absolute atomic E-state index is 0.162. The molecule has 3 rings (SSSR count). The fourth-order valence-electron chi connectivity index (χ4n) is 2.91. The van der Waals surface area contributed by atoms with Gasteiger partial charge in [0, 0.05) is 20.1 Å². The number of aromatic nitrogens is 2. The van der Waals surface area contributed by atoms with Gasteiger partial charge in [-0.1, -0.05) is 6.07 Å².